The largest absolute Gasteiger partial charge is 0.355 e. The van der Waals surface area contributed by atoms with Crippen LogP contribution in [0.15, 0.2) is 0 Å². The van der Waals surface area contributed by atoms with Gasteiger partial charge in [-0.3, -0.25) is 9.59 Å². The lowest BCUT2D eigenvalue weighted by atomic mass is 10.2. The van der Waals surface area contributed by atoms with Gasteiger partial charge in [0.2, 0.25) is 11.8 Å². The minimum absolute atomic E-state index is 0. The van der Waals surface area contributed by atoms with Crippen molar-refractivity contribution < 1.29 is 9.59 Å². The van der Waals surface area contributed by atoms with Crippen LogP contribution in [0.25, 0.3) is 0 Å². The molecule has 0 bridgehead atoms. The van der Waals surface area contributed by atoms with E-state index in [0.29, 0.717) is 13.0 Å². The first kappa shape index (κ1) is 16.5. The zero-order valence-electron chi connectivity index (χ0n) is 9.95. The summed E-state index contributed by atoms with van der Waals surface area (Å²) in [5, 5.41) is 8.53. The Balaban J connectivity index is 0.00000256. The maximum absolute atomic E-state index is 11.5. The molecule has 0 aromatic heterocycles. The van der Waals surface area contributed by atoms with E-state index in [1.54, 1.807) is 0 Å². The number of halogens is 1. The molecule has 2 amide bonds. The smallest absolute Gasteiger partial charge is 0.239 e. The first-order chi connectivity index (χ1) is 7.72. The van der Waals surface area contributed by atoms with E-state index in [1.807, 2.05) is 18.7 Å². The van der Waals surface area contributed by atoms with Crippen molar-refractivity contribution in [3.63, 3.8) is 0 Å². The number of nitrogens with one attached hydrogen (secondary N) is 3. The number of rotatable bonds is 5. The highest BCUT2D eigenvalue weighted by Gasteiger charge is 2.16. The van der Waals surface area contributed by atoms with Gasteiger partial charge in [-0.2, -0.15) is 11.8 Å². The number of likely N-dealkylation sites (N-methyl/N-ethyl adjacent to an activating group) is 1. The Morgan fingerprint density at radius 2 is 2.12 bits per heavy atom. The fourth-order valence-corrected chi connectivity index (χ4v) is 2.43. The van der Waals surface area contributed by atoms with Crippen LogP contribution in [-0.4, -0.2) is 49.0 Å². The molecule has 1 aliphatic rings. The maximum Gasteiger partial charge on any atom is 0.239 e. The average Bonchev–Trinajstić information content (AvgIpc) is 2.28. The third kappa shape index (κ3) is 7.46. The molecule has 0 saturated carbocycles. The number of carbonyl (C=O) groups is 2. The predicted molar refractivity (Wildman–Crippen MR) is 72.7 cm³/mol. The predicted octanol–water partition coefficient (Wildman–Crippen LogP) is -0.244. The van der Waals surface area contributed by atoms with Gasteiger partial charge in [0.25, 0.3) is 0 Å². The second-order valence-electron chi connectivity index (χ2n) is 3.66. The van der Waals surface area contributed by atoms with Crippen molar-refractivity contribution >= 4 is 36.0 Å². The van der Waals surface area contributed by atoms with E-state index in [1.165, 1.54) is 0 Å². The molecule has 1 rings (SSSR count). The van der Waals surface area contributed by atoms with Crippen LogP contribution in [0.5, 0.6) is 0 Å². The van der Waals surface area contributed by atoms with Gasteiger partial charge in [0, 0.05) is 37.1 Å². The maximum atomic E-state index is 11.5. The molecule has 1 atom stereocenters. The molecule has 1 heterocycles. The van der Waals surface area contributed by atoms with E-state index in [9.17, 15) is 9.59 Å². The number of thioether (sulfide) groups is 1. The van der Waals surface area contributed by atoms with E-state index in [0.717, 1.165) is 18.1 Å². The summed E-state index contributed by atoms with van der Waals surface area (Å²) in [6, 6.07) is 0.244. The second kappa shape index (κ2) is 9.56. The molecular weight excluding hydrogens is 262 g/mol. The van der Waals surface area contributed by atoms with Gasteiger partial charge in [0.05, 0.1) is 6.54 Å². The van der Waals surface area contributed by atoms with E-state index >= 15 is 0 Å². The van der Waals surface area contributed by atoms with Gasteiger partial charge >= 0.3 is 0 Å². The Labute approximate surface area is 112 Å². The first-order valence-corrected chi connectivity index (χ1v) is 6.72. The zero-order chi connectivity index (χ0) is 11.8. The summed E-state index contributed by atoms with van der Waals surface area (Å²) in [5.41, 5.74) is 0. The van der Waals surface area contributed by atoms with E-state index in [2.05, 4.69) is 16.0 Å². The van der Waals surface area contributed by atoms with Crippen LogP contribution in [0.2, 0.25) is 0 Å². The molecule has 17 heavy (non-hydrogen) atoms. The minimum atomic E-state index is -0.137. The lowest BCUT2D eigenvalue weighted by Gasteiger charge is -2.22. The Morgan fingerprint density at radius 3 is 2.71 bits per heavy atom. The van der Waals surface area contributed by atoms with Gasteiger partial charge in [-0.25, -0.2) is 0 Å². The number of hydrogen-bond acceptors (Lipinski definition) is 4. The molecule has 0 radical (unpaired) electrons. The van der Waals surface area contributed by atoms with Crippen molar-refractivity contribution in [2.45, 2.75) is 19.4 Å². The molecule has 3 N–H and O–H groups in total. The molecule has 1 aliphatic heterocycles. The quantitative estimate of drug-likeness (QED) is 0.650. The molecule has 1 saturated heterocycles. The van der Waals surface area contributed by atoms with Crippen LogP contribution in [-0.2, 0) is 9.59 Å². The summed E-state index contributed by atoms with van der Waals surface area (Å²) < 4.78 is 0. The molecule has 1 fully saturated rings. The summed E-state index contributed by atoms with van der Waals surface area (Å²) >= 11 is 1.86. The Morgan fingerprint density at radius 1 is 1.35 bits per heavy atom. The normalized spacial score (nSPS) is 19.0. The Hall–Kier alpha value is -0.460. The fourth-order valence-electron chi connectivity index (χ4n) is 1.49. The number of hydrogen-bond donors (Lipinski definition) is 3. The molecule has 0 aromatic rings. The van der Waals surface area contributed by atoms with Crippen LogP contribution >= 0.6 is 24.2 Å². The summed E-state index contributed by atoms with van der Waals surface area (Å²) in [6.45, 7) is 3.48. The van der Waals surface area contributed by atoms with E-state index in [-0.39, 0.29) is 36.8 Å². The van der Waals surface area contributed by atoms with Crippen molar-refractivity contribution in [3.8, 4) is 0 Å². The molecule has 100 valence electrons. The molecule has 0 aliphatic carbocycles. The van der Waals surface area contributed by atoms with Gasteiger partial charge < -0.3 is 16.0 Å². The third-order valence-electron chi connectivity index (χ3n) is 2.25. The Kier molecular flexibility index (Phi) is 9.30. The summed E-state index contributed by atoms with van der Waals surface area (Å²) in [5.74, 6) is 1.87. The van der Waals surface area contributed by atoms with Gasteiger partial charge in [-0.15, -0.1) is 12.4 Å². The van der Waals surface area contributed by atoms with Crippen LogP contribution in [0.1, 0.15) is 13.3 Å². The highest BCUT2D eigenvalue weighted by atomic mass is 35.5. The molecule has 5 nitrogen and oxygen atoms in total. The second-order valence-corrected chi connectivity index (χ2v) is 4.81. The zero-order valence-corrected chi connectivity index (χ0v) is 11.6. The summed E-state index contributed by atoms with van der Waals surface area (Å²) in [4.78, 5) is 22.6. The number of amides is 2. The minimum Gasteiger partial charge on any atom is -0.355 e. The summed E-state index contributed by atoms with van der Waals surface area (Å²) in [7, 11) is 0. The Bertz CT molecular complexity index is 248. The SMILES string of the molecule is CCNC(=O)CNC(=O)CC1CSCCN1.Cl. The standard InChI is InChI=1S/C10H19N3O2S.ClH/c1-2-11-10(15)6-13-9(14)5-8-7-16-4-3-12-8;/h8,12H,2-7H2,1H3,(H,11,15)(H,13,14);1H. The van der Waals surface area contributed by atoms with Gasteiger partial charge in [0.1, 0.15) is 0 Å². The topological polar surface area (TPSA) is 70.2 Å². The molecular formula is C10H20ClN3O2S. The molecule has 1 unspecified atom stereocenters. The first-order valence-electron chi connectivity index (χ1n) is 5.57. The molecule has 7 heteroatoms. The van der Waals surface area contributed by atoms with Gasteiger partial charge in [0.15, 0.2) is 0 Å². The van der Waals surface area contributed by atoms with Crippen molar-refractivity contribution in [2.75, 3.05) is 31.1 Å². The van der Waals surface area contributed by atoms with Crippen molar-refractivity contribution in [1.82, 2.24) is 16.0 Å². The van der Waals surface area contributed by atoms with Crippen LogP contribution < -0.4 is 16.0 Å². The van der Waals surface area contributed by atoms with Crippen LogP contribution in [0.3, 0.4) is 0 Å². The fraction of sp³-hybridized carbons (Fsp3) is 0.800. The van der Waals surface area contributed by atoms with Crippen molar-refractivity contribution in [3.05, 3.63) is 0 Å². The lowest BCUT2D eigenvalue weighted by molar-refractivity contribution is -0.126. The monoisotopic (exact) mass is 281 g/mol. The van der Waals surface area contributed by atoms with Crippen molar-refractivity contribution in [2.24, 2.45) is 0 Å². The highest BCUT2D eigenvalue weighted by molar-refractivity contribution is 7.99. The highest BCUT2D eigenvalue weighted by Crippen LogP contribution is 2.09. The summed E-state index contributed by atoms with van der Waals surface area (Å²) in [6.07, 6.45) is 0.451. The third-order valence-corrected chi connectivity index (χ3v) is 3.38. The molecule has 0 aromatic carbocycles. The number of carbonyl (C=O) groups excluding carboxylic acids is 2. The van der Waals surface area contributed by atoms with Crippen LogP contribution in [0, 0.1) is 0 Å². The van der Waals surface area contributed by atoms with Gasteiger partial charge in [-0.1, -0.05) is 0 Å². The van der Waals surface area contributed by atoms with E-state index < -0.39 is 0 Å². The average molecular weight is 282 g/mol. The van der Waals surface area contributed by atoms with Gasteiger partial charge in [-0.05, 0) is 6.92 Å². The molecule has 0 spiro atoms. The van der Waals surface area contributed by atoms with E-state index in [4.69, 9.17) is 0 Å². The lowest BCUT2D eigenvalue weighted by Crippen LogP contribution is -2.43. The van der Waals surface area contributed by atoms with Crippen LogP contribution in [0.4, 0.5) is 0 Å². The van der Waals surface area contributed by atoms with Crippen molar-refractivity contribution in [1.29, 1.82) is 0 Å².